The zero-order valence-electron chi connectivity index (χ0n) is 4.05. The summed E-state index contributed by atoms with van der Waals surface area (Å²) in [7, 11) is 0. The van der Waals surface area contributed by atoms with Gasteiger partial charge in [0.05, 0.1) is 0 Å². The first-order valence-corrected chi connectivity index (χ1v) is 2.73. The number of hydrogen-bond donors (Lipinski definition) is 0. The predicted octanol–water partition coefficient (Wildman–Crippen LogP) is 1.38. The van der Waals surface area contributed by atoms with Gasteiger partial charge in [0.25, 0.3) is 0 Å². The minimum atomic E-state index is 0. The van der Waals surface area contributed by atoms with Crippen molar-refractivity contribution >= 4 is 11.8 Å². The summed E-state index contributed by atoms with van der Waals surface area (Å²) in [5, 5.41) is 0. The smallest absolute Gasteiger partial charge is 0 e. The van der Waals surface area contributed by atoms with Crippen molar-refractivity contribution in [1.29, 1.82) is 0 Å². The first-order valence-electron chi connectivity index (χ1n) is 1.58. The van der Waals surface area contributed by atoms with E-state index in [0.29, 0.717) is 0 Å². The van der Waals surface area contributed by atoms with E-state index in [1.807, 2.05) is 0 Å². The van der Waals surface area contributed by atoms with E-state index in [1.165, 1.54) is 0 Å². The minimum absolute atomic E-state index is 0. The van der Waals surface area contributed by atoms with Crippen LogP contribution >= 0.6 is 11.8 Å². The second-order valence-electron chi connectivity index (χ2n) is 0.612. The van der Waals surface area contributed by atoms with Crippen LogP contribution in [-0.2, 0) is 34.7 Å². The van der Waals surface area contributed by atoms with Gasteiger partial charge in [-0.2, -0.15) is 0 Å². The van der Waals surface area contributed by atoms with Crippen LogP contribution in [0.3, 0.4) is 0 Å². The van der Waals surface area contributed by atoms with Crippen LogP contribution < -0.4 is 0 Å². The van der Waals surface area contributed by atoms with Crippen molar-refractivity contribution in [2.45, 2.75) is 0 Å². The number of rotatable bonds is 2. The zero-order chi connectivity index (χ0) is 4.12. The summed E-state index contributed by atoms with van der Waals surface area (Å²) in [5.74, 6) is 1.90. The molecule has 0 amide bonds. The zero-order valence-corrected chi connectivity index (χ0v) is 7.42. The Labute approximate surface area is 71.7 Å². The second kappa shape index (κ2) is 15.7. The molecule has 0 radical (unpaired) electrons. The van der Waals surface area contributed by atoms with E-state index >= 15 is 0 Å². The summed E-state index contributed by atoms with van der Waals surface area (Å²) in [6, 6.07) is 0. The maximum absolute atomic E-state index is 3.60. The van der Waals surface area contributed by atoms with Crippen LogP contribution in [0.15, 0.2) is 0 Å². The summed E-state index contributed by atoms with van der Waals surface area (Å²) in [6.45, 7) is 7.20. The van der Waals surface area contributed by atoms with Crippen LogP contribution in [0.1, 0.15) is 0 Å². The van der Waals surface area contributed by atoms with Crippen molar-refractivity contribution in [2.24, 2.45) is 0 Å². The van der Waals surface area contributed by atoms with Crippen LogP contribution in [0.5, 0.6) is 0 Å². The molecule has 0 aromatic carbocycles. The van der Waals surface area contributed by atoms with Crippen molar-refractivity contribution in [2.75, 3.05) is 11.5 Å². The van der Waals surface area contributed by atoms with Crippen LogP contribution in [0.25, 0.3) is 0 Å². The van der Waals surface area contributed by atoms with Gasteiger partial charge < -0.3 is 13.8 Å². The summed E-state index contributed by atoms with van der Waals surface area (Å²) >= 11 is 1.74. The number of thioether (sulfide) groups is 1. The second-order valence-corrected chi connectivity index (χ2v) is 1.84. The molecule has 0 aromatic heterocycles. The molecular formula is C4H8Cr2S-2. The third kappa shape index (κ3) is 18.6. The molecule has 7 heavy (non-hydrogen) atoms. The molecular weight excluding hydrogens is 184 g/mol. The van der Waals surface area contributed by atoms with Gasteiger partial charge in [-0.3, -0.25) is 0 Å². The predicted molar refractivity (Wildman–Crippen MR) is 28.0 cm³/mol. The van der Waals surface area contributed by atoms with E-state index in [-0.39, 0.29) is 34.7 Å². The Bertz CT molecular complexity index is 17.2. The van der Waals surface area contributed by atoms with Crippen LogP contribution in [0.4, 0.5) is 0 Å². The fraction of sp³-hybridized carbons (Fsp3) is 0.500. The van der Waals surface area contributed by atoms with Crippen LogP contribution in [0, 0.1) is 13.8 Å². The summed E-state index contributed by atoms with van der Waals surface area (Å²) in [5.41, 5.74) is 0. The SMILES string of the molecule is [CH2-]CSC[CH2-].[Cr].[Cr]. The van der Waals surface area contributed by atoms with E-state index in [4.69, 9.17) is 0 Å². The van der Waals surface area contributed by atoms with Crippen molar-refractivity contribution in [3.05, 3.63) is 13.8 Å². The molecule has 0 nitrogen and oxygen atoms in total. The van der Waals surface area contributed by atoms with Gasteiger partial charge in [0.1, 0.15) is 0 Å². The van der Waals surface area contributed by atoms with Gasteiger partial charge in [0.15, 0.2) is 0 Å². The molecule has 44 valence electrons. The minimum Gasteiger partial charge on any atom is -0.334 e. The van der Waals surface area contributed by atoms with Crippen molar-refractivity contribution in [1.82, 2.24) is 0 Å². The molecule has 0 bridgehead atoms. The Balaban J connectivity index is -0.0000000800. The quantitative estimate of drug-likeness (QED) is 0.596. The van der Waals surface area contributed by atoms with Gasteiger partial charge in [-0.25, -0.2) is 11.8 Å². The average molecular weight is 192 g/mol. The first kappa shape index (κ1) is 15.8. The van der Waals surface area contributed by atoms with Gasteiger partial charge in [0, 0.05) is 34.7 Å². The van der Waals surface area contributed by atoms with Gasteiger partial charge in [0.2, 0.25) is 0 Å². The van der Waals surface area contributed by atoms with E-state index in [2.05, 4.69) is 13.8 Å². The first-order chi connectivity index (χ1) is 2.41. The topological polar surface area (TPSA) is 0 Å². The van der Waals surface area contributed by atoms with Crippen LogP contribution in [0.2, 0.25) is 0 Å². The largest absolute Gasteiger partial charge is 0.334 e. The van der Waals surface area contributed by atoms with Gasteiger partial charge in [-0.05, 0) is 0 Å². The molecule has 0 unspecified atom stereocenters. The molecule has 0 saturated carbocycles. The Morgan fingerprint density at radius 3 is 1.29 bits per heavy atom. The molecule has 0 aliphatic rings. The molecule has 0 saturated heterocycles. The third-order valence-electron chi connectivity index (χ3n) is 0.289. The monoisotopic (exact) mass is 192 g/mol. The van der Waals surface area contributed by atoms with E-state index in [1.54, 1.807) is 11.8 Å². The Morgan fingerprint density at radius 1 is 1.00 bits per heavy atom. The molecule has 0 aliphatic heterocycles. The molecule has 3 heteroatoms. The van der Waals surface area contributed by atoms with Crippen molar-refractivity contribution < 1.29 is 34.7 Å². The Hall–Kier alpha value is 1.41. The van der Waals surface area contributed by atoms with E-state index in [9.17, 15) is 0 Å². The molecule has 0 N–H and O–H groups in total. The van der Waals surface area contributed by atoms with Gasteiger partial charge in [-0.15, -0.1) is 11.5 Å². The maximum atomic E-state index is 3.60. The van der Waals surface area contributed by atoms with Gasteiger partial charge in [-0.1, -0.05) is 0 Å². The molecule has 0 heterocycles. The third-order valence-corrected chi connectivity index (χ3v) is 0.866. The van der Waals surface area contributed by atoms with Crippen molar-refractivity contribution in [3.8, 4) is 0 Å². The molecule has 0 rings (SSSR count). The van der Waals surface area contributed by atoms with Crippen molar-refractivity contribution in [3.63, 3.8) is 0 Å². The van der Waals surface area contributed by atoms with Gasteiger partial charge >= 0.3 is 0 Å². The maximum Gasteiger partial charge on any atom is 0 e. The molecule has 0 aliphatic carbocycles. The van der Waals surface area contributed by atoms with E-state index < -0.39 is 0 Å². The molecule has 0 atom stereocenters. The summed E-state index contributed by atoms with van der Waals surface area (Å²) in [6.07, 6.45) is 0. The fourth-order valence-corrected chi connectivity index (χ4v) is 0.306. The van der Waals surface area contributed by atoms with Crippen LogP contribution in [-0.4, -0.2) is 11.5 Å². The normalized spacial score (nSPS) is 6.00. The average Bonchev–Trinajstić information content (AvgIpc) is 1.41. The summed E-state index contributed by atoms with van der Waals surface area (Å²) in [4.78, 5) is 0. The molecule has 0 aromatic rings. The fourth-order valence-electron chi connectivity index (χ4n) is 0.102. The standard InChI is InChI=1S/C4H8S.2Cr/c1-3-5-4-2;;/h1-4H2;;/q-2;;. The molecule has 0 spiro atoms. The number of hydrogen-bond acceptors (Lipinski definition) is 1. The summed E-state index contributed by atoms with van der Waals surface area (Å²) < 4.78 is 0. The Morgan fingerprint density at radius 2 is 1.29 bits per heavy atom. The molecule has 0 fully saturated rings. The Kier molecular flexibility index (Phi) is 35.3. The van der Waals surface area contributed by atoms with E-state index in [0.717, 1.165) is 11.5 Å².